The van der Waals surface area contributed by atoms with E-state index in [4.69, 9.17) is 18.9 Å². The highest BCUT2D eigenvalue weighted by atomic mass is 16.6. The lowest BCUT2D eigenvalue weighted by Gasteiger charge is -2.17. The summed E-state index contributed by atoms with van der Waals surface area (Å²) in [5.41, 5.74) is 0. The minimum absolute atomic E-state index is 0.00807. The Hall–Kier alpha value is -1.10. The molecule has 2 saturated heterocycles. The zero-order valence-electron chi connectivity index (χ0n) is 9.74. The number of methoxy groups -OCH3 is 1. The standard InChI is InChI=1S/C13H16O4/c1-14-10-7-15-13-11(8-16-12(10)13)17-9-5-3-2-4-6-9/h2-6,10-13H,7-8H2,1H3. The van der Waals surface area contributed by atoms with Gasteiger partial charge in [-0.25, -0.2) is 0 Å². The van der Waals surface area contributed by atoms with E-state index in [0.717, 1.165) is 5.75 Å². The molecule has 0 aromatic heterocycles. The quantitative estimate of drug-likeness (QED) is 0.791. The molecule has 0 N–H and O–H groups in total. The molecule has 2 aliphatic heterocycles. The second-order valence-corrected chi connectivity index (χ2v) is 4.34. The van der Waals surface area contributed by atoms with Crippen LogP contribution in [0.5, 0.6) is 5.75 Å². The van der Waals surface area contributed by atoms with E-state index in [0.29, 0.717) is 13.2 Å². The van der Waals surface area contributed by atoms with Gasteiger partial charge in [-0.15, -0.1) is 0 Å². The smallest absolute Gasteiger partial charge is 0.151 e. The van der Waals surface area contributed by atoms with Crippen molar-refractivity contribution in [1.82, 2.24) is 0 Å². The molecule has 1 aromatic rings. The van der Waals surface area contributed by atoms with Gasteiger partial charge in [0.1, 0.15) is 24.1 Å². The van der Waals surface area contributed by atoms with Gasteiger partial charge >= 0.3 is 0 Å². The van der Waals surface area contributed by atoms with E-state index in [1.807, 2.05) is 30.3 Å². The van der Waals surface area contributed by atoms with E-state index >= 15 is 0 Å². The van der Waals surface area contributed by atoms with Crippen LogP contribution in [0.25, 0.3) is 0 Å². The van der Waals surface area contributed by atoms with Crippen LogP contribution in [0.4, 0.5) is 0 Å². The van der Waals surface area contributed by atoms with Crippen LogP contribution < -0.4 is 4.74 Å². The van der Waals surface area contributed by atoms with Crippen LogP contribution in [0, 0.1) is 0 Å². The maximum Gasteiger partial charge on any atom is 0.151 e. The molecular weight excluding hydrogens is 220 g/mol. The molecule has 0 aliphatic carbocycles. The summed E-state index contributed by atoms with van der Waals surface area (Å²) in [5, 5.41) is 0. The predicted octanol–water partition coefficient (Wildman–Crippen LogP) is 1.25. The Morgan fingerprint density at radius 3 is 2.35 bits per heavy atom. The molecule has 4 nitrogen and oxygen atoms in total. The molecule has 17 heavy (non-hydrogen) atoms. The summed E-state index contributed by atoms with van der Waals surface area (Å²) in [4.78, 5) is 0. The van der Waals surface area contributed by atoms with Crippen LogP contribution in [0.3, 0.4) is 0 Å². The summed E-state index contributed by atoms with van der Waals surface area (Å²) in [6.45, 7) is 1.14. The Kier molecular flexibility index (Phi) is 3.01. The van der Waals surface area contributed by atoms with E-state index in [1.54, 1.807) is 7.11 Å². The van der Waals surface area contributed by atoms with Gasteiger partial charge in [-0.05, 0) is 12.1 Å². The van der Waals surface area contributed by atoms with Crippen molar-refractivity contribution >= 4 is 0 Å². The Labute approximate surface area is 100 Å². The van der Waals surface area contributed by atoms with Crippen LogP contribution in [-0.4, -0.2) is 44.7 Å². The summed E-state index contributed by atoms with van der Waals surface area (Å²) in [7, 11) is 1.69. The normalized spacial score (nSPS) is 35.8. The monoisotopic (exact) mass is 236 g/mol. The molecule has 0 spiro atoms. The summed E-state index contributed by atoms with van der Waals surface area (Å²) < 4.78 is 22.6. The minimum Gasteiger partial charge on any atom is -0.485 e. The molecule has 2 aliphatic rings. The van der Waals surface area contributed by atoms with Crippen molar-refractivity contribution in [2.24, 2.45) is 0 Å². The van der Waals surface area contributed by atoms with Crippen LogP contribution in [0.2, 0.25) is 0 Å². The number of hydrogen-bond donors (Lipinski definition) is 0. The molecule has 0 bridgehead atoms. The topological polar surface area (TPSA) is 36.9 Å². The largest absolute Gasteiger partial charge is 0.485 e. The van der Waals surface area contributed by atoms with Gasteiger partial charge in [-0.2, -0.15) is 0 Å². The van der Waals surface area contributed by atoms with Crippen molar-refractivity contribution < 1.29 is 18.9 Å². The molecular formula is C13H16O4. The van der Waals surface area contributed by atoms with Crippen molar-refractivity contribution in [1.29, 1.82) is 0 Å². The molecule has 2 heterocycles. The van der Waals surface area contributed by atoms with E-state index < -0.39 is 0 Å². The first-order valence-corrected chi connectivity index (χ1v) is 5.86. The number of para-hydroxylation sites is 1. The predicted molar refractivity (Wildman–Crippen MR) is 61.1 cm³/mol. The Bertz CT molecular complexity index is 367. The van der Waals surface area contributed by atoms with Crippen molar-refractivity contribution in [2.75, 3.05) is 20.3 Å². The lowest BCUT2D eigenvalue weighted by molar-refractivity contribution is -0.0138. The van der Waals surface area contributed by atoms with E-state index in [-0.39, 0.29) is 24.4 Å². The second-order valence-electron chi connectivity index (χ2n) is 4.34. The average Bonchev–Trinajstić information content (AvgIpc) is 2.93. The third kappa shape index (κ3) is 2.04. The van der Waals surface area contributed by atoms with E-state index in [2.05, 4.69) is 0 Å². The fraction of sp³-hybridized carbons (Fsp3) is 0.538. The third-order valence-corrected chi connectivity index (χ3v) is 3.30. The first-order valence-electron chi connectivity index (χ1n) is 5.86. The van der Waals surface area contributed by atoms with Gasteiger partial charge in [-0.1, -0.05) is 18.2 Å². The van der Waals surface area contributed by atoms with Gasteiger partial charge in [0, 0.05) is 7.11 Å². The van der Waals surface area contributed by atoms with Gasteiger partial charge in [-0.3, -0.25) is 0 Å². The SMILES string of the molecule is COC1COC2C(Oc3ccccc3)COC12. The molecule has 4 atom stereocenters. The molecule has 0 radical (unpaired) electrons. The van der Waals surface area contributed by atoms with E-state index in [1.165, 1.54) is 0 Å². The number of ether oxygens (including phenoxy) is 4. The van der Waals surface area contributed by atoms with Crippen molar-refractivity contribution in [2.45, 2.75) is 24.4 Å². The summed E-state index contributed by atoms with van der Waals surface area (Å²) in [6, 6.07) is 9.76. The number of hydrogen-bond acceptors (Lipinski definition) is 4. The zero-order chi connectivity index (χ0) is 11.7. The second kappa shape index (κ2) is 4.64. The van der Waals surface area contributed by atoms with Gasteiger partial charge in [0.25, 0.3) is 0 Å². The molecule has 0 amide bonds. The van der Waals surface area contributed by atoms with Crippen molar-refractivity contribution in [3.63, 3.8) is 0 Å². The third-order valence-electron chi connectivity index (χ3n) is 3.30. The lowest BCUT2D eigenvalue weighted by Crippen LogP contribution is -2.35. The highest BCUT2D eigenvalue weighted by Crippen LogP contribution is 2.30. The minimum atomic E-state index is -0.0393. The fourth-order valence-corrected chi connectivity index (χ4v) is 2.41. The van der Waals surface area contributed by atoms with Crippen LogP contribution >= 0.6 is 0 Å². The summed E-state index contributed by atoms with van der Waals surface area (Å²) in [6.07, 6.45) is -0.0132. The van der Waals surface area contributed by atoms with E-state index in [9.17, 15) is 0 Å². The highest BCUT2D eigenvalue weighted by Gasteiger charge is 2.49. The molecule has 4 unspecified atom stereocenters. The Morgan fingerprint density at radius 1 is 1.00 bits per heavy atom. The number of rotatable bonds is 3. The molecule has 0 saturated carbocycles. The maximum atomic E-state index is 5.88. The number of benzene rings is 1. The molecule has 4 heteroatoms. The first-order chi connectivity index (χ1) is 8.38. The Morgan fingerprint density at radius 2 is 1.65 bits per heavy atom. The molecule has 1 aromatic carbocycles. The molecule has 2 fully saturated rings. The molecule has 3 rings (SSSR count). The highest BCUT2D eigenvalue weighted by molar-refractivity contribution is 5.21. The van der Waals surface area contributed by atoms with Crippen molar-refractivity contribution in [3.05, 3.63) is 30.3 Å². The average molecular weight is 236 g/mol. The van der Waals surface area contributed by atoms with Crippen LogP contribution in [0.15, 0.2) is 30.3 Å². The summed E-state index contributed by atoms with van der Waals surface area (Å²) >= 11 is 0. The number of fused-ring (bicyclic) bond motifs is 1. The van der Waals surface area contributed by atoms with Crippen molar-refractivity contribution in [3.8, 4) is 5.75 Å². The van der Waals surface area contributed by atoms with Gasteiger partial charge in [0.05, 0.1) is 13.2 Å². The van der Waals surface area contributed by atoms with Crippen LogP contribution in [-0.2, 0) is 14.2 Å². The maximum absolute atomic E-state index is 5.88. The molecule has 92 valence electrons. The van der Waals surface area contributed by atoms with Gasteiger partial charge in [0.2, 0.25) is 0 Å². The van der Waals surface area contributed by atoms with Gasteiger partial charge in [0.15, 0.2) is 6.10 Å². The fourth-order valence-electron chi connectivity index (χ4n) is 2.41. The van der Waals surface area contributed by atoms with Crippen LogP contribution in [0.1, 0.15) is 0 Å². The first kappa shape index (κ1) is 11.0. The Balaban J connectivity index is 1.67. The summed E-state index contributed by atoms with van der Waals surface area (Å²) in [5.74, 6) is 0.853. The lowest BCUT2D eigenvalue weighted by atomic mass is 10.1. The zero-order valence-corrected chi connectivity index (χ0v) is 9.74. The van der Waals surface area contributed by atoms with Gasteiger partial charge < -0.3 is 18.9 Å².